The van der Waals surface area contributed by atoms with E-state index in [1.54, 1.807) is 4.90 Å². The van der Waals surface area contributed by atoms with Crippen molar-refractivity contribution in [2.75, 3.05) is 6.54 Å². The second-order valence-corrected chi connectivity index (χ2v) is 11.7. The molecule has 1 fully saturated rings. The molecule has 2 bridgehead atoms. The van der Waals surface area contributed by atoms with Crippen LogP contribution >= 0.6 is 11.3 Å². The Balaban J connectivity index is 2.18. The zero-order chi connectivity index (χ0) is 17.2. The topological polar surface area (TPSA) is 115 Å². The Hall–Kier alpha value is -0.970. The molecule has 7 nitrogen and oxygen atoms in total. The van der Waals surface area contributed by atoms with E-state index in [4.69, 9.17) is 5.14 Å². The summed E-state index contributed by atoms with van der Waals surface area (Å²) in [6.07, 6.45) is 0.266. The van der Waals surface area contributed by atoms with E-state index in [1.165, 1.54) is 6.07 Å². The average Bonchev–Trinajstić information content (AvgIpc) is 2.85. The van der Waals surface area contributed by atoms with E-state index >= 15 is 0 Å². The van der Waals surface area contributed by atoms with Crippen molar-refractivity contribution in [3.05, 3.63) is 11.6 Å². The summed E-state index contributed by atoms with van der Waals surface area (Å²) in [5.41, 5.74) is 0.393. The Morgan fingerprint density at radius 1 is 1.43 bits per heavy atom. The summed E-state index contributed by atoms with van der Waals surface area (Å²) in [4.78, 5) is 14.0. The lowest BCUT2D eigenvalue weighted by atomic mass is 9.94. The predicted octanol–water partition coefficient (Wildman–Crippen LogP) is 0.871. The van der Waals surface area contributed by atoms with Gasteiger partial charge in [0, 0.05) is 18.5 Å². The highest BCUT2D eigenvalue weighted by Crippen LogP contribution is 2.48. The summed E-state index contributed by atoms with van der Waals surface area (Å²) in [6, 6.07) is 0.925. The number of nitrogens with zero attached hydrogens (tertiary/aromatic N) is 1. The third-order valence-corrected chi connectivity index (χ3v) is 9.49. The molecule has 128 valence electrons. The van der Waals surface area contributed by atoms with Crippen molar-refractivity contribution < 1.29 is 21.6 Å². The molecule has 1 saturated heterocycles. The number of primary sulfonamides is 1. The Morgan fingerprint density at radius 2 is 2.09 bits per heavy atom. The van der Waals surface area contributed by atoms with Crippen LogP contribution in [0, 0.1) is 5.92 Å². The van der Waals surface area contributed by atoms with Crippen LogP contribution in [0.2, 0.25) is 0 Å². The molecule has 0 radical (unpaired) electrons. The lowest BCUT2D eigenvalue weighted by Crippen LogP contribution is -2.49. The molecule has 2 unspecified atom stereocenters. The molecule has 0 saturated carbocycles. The molecule has 1 aromatic rings. The molecule has 2 N–H and O–H groups in total. The van der Waals surface area contributed by atoms with Gasteiger partial charge in [0.05, 0.1) is 11.3 Å². The van der Waals surface area contributed by atoms with Gasteiger partial charge in [-0.05, 0) is 18.4 Å². The third-order valence-electron chi connectivity index (χ3n) is 4.19. The number of carbonyl (C=O) groups is 1. The van der Waals surface area contributed by atoms with Crippen LogP contribution < -0.4 is 5.14 Å². The summed E-state index contributed by atoms with van der Waals surface area (Å²) in [6.45, 7) is 4.46. The van der Waals surface area contributed by atoms with E-state index in [0.29, 0.717) is 29.9 Å². The zero-order valence-electron chi connectivity index (χ0n) is 12.7. The van der Waals surface area contributed by atoms with Gasteiger partial charge in [-0.1, -0.05) is 13.8 Å². The highest BCUT2D eigenvalue weighted by atomic mass is 32.3. The number of amides is 1. The van der Waals surface area contributed by atoms with Gasteiger partial charge >= 0.3 is 0 Å². The van der Waals surface area contributed by atoms with Crippen LogP contribution in [0.5, 0.6) is 0 Å². The highest BCUT2D eigenvalue weighted by molar-refractivity contribution is 7.95. The molecule has 3 heterocycles. The fourth-order valence-corrected chi connectivity index (χ4v) is 7.82. The SMILES string of the molecule is CC(C)CN1C(=O)CC2CC1c1cc(S(N)(=O)=O)sc1S2(=O)=O. The van der Waals surface area contributed by atoms with E-state index in [-0.39, 0.29) is 26.7 Å². The number of rotatable bonds is 3. The number of sulfonamides is 1. The molecule has 2 atom stereocenters. The first-order valence-electron chi connectivity index (χ1n) is 7.21. The Bertz CT molecular complexity index is 869. The van der Waals surface area contributed by atoms with Crippen LogP contribution in [0.4, 0.5) is 0 Å². The molecule has 2 aliphatic rings. The summed E-state index contributed by atoms with van der Waals surface area (Å²) < 4.78 is 48.3. The molecule has 1 aromatic heterocycles. The van der Waals surface area contributed by atoms with Crippen molar-refractivity contribution in [1.29, 1.82) is 0 Å². The van der Waals surface area contributed by atoms with Crippen LogP contribution in [-0.2, 0) is 24.7 Å². The number of likely N-dealkylation sites (tertiary alicyclic amines) is 1. The van der Waals surface area contributed by atoms with Crippen LogP contribution in [0.15, 0.2) is 14.5 Å². The zero-order valence-corrected chi connectivity index (χ0v) is 15.2. The first kappa shape index (κ1) is 16.9. The van der Waals surface area contributed by atoms with Gasteiger partial charge in [0.25, 0.3) is 0 Å². The minimum Gasteiger partial charge on any atom is -0.335 e. The Morgan fingerprint density at radius 3 is 2.65 bits per heavy atom. The molecule has 3 rings (SSSR count). The maximum Gasteiger partial charge on any atom is 0.247 e. The summed E-state index contributed by atoms with van der Waals surface area (Å²) >= 11 is 0.689. The number of nitrogens with two attached hydrogens (primary N) is 1. The largest absolute Gasteiger partial charge is 0.335 e. The monoisotopic (exact) mass is 378 g/mol. The van der Waals surface area contributed by atoms with Gasteiger partial charge in [0.2, 0.25) is 15.9 Å². The third kappa shape index (κ3) is 2.71. The van der Waals surface area contributed by atoms with Gasteiger partial charge in [0.15, 0.2) is 9.84 Å². The molecule has 0 aromatic carbocycles. The fourth-order valence-electron chi connectivity index (χ4n) is 3.21. The summed E-state index contributed by atoms with van der Waals surface area (Å²) in [5.74, 6) is 0.0337. The van der Waals surface area contributed by atoms with E-state index in [1.807, 2.05) is 13.8 Å². The molecular formula is C13H18N2O5S3. The first-order chi connectivity index (χ1) is 10.5. The van der Waals surface area contributed by atoms with Crippen molar-refractivity contribution in [3.63, 3.8) is 0 Å². The van der Waals surface area contributed by atoms with E-state index in [2.05, 4.69) is 0 Å². The van der Waals surface area contributed by atoms with Gasteiger partial charge in [-0.2, -0.15) is 0 Å². The van der Waals surface area contributed by atoms with Crippen molar-refractivity contribution in [2.45, 2.75) is 46.4 Å². The van der Waals surface area contributed by atoms with Crippen molar-refractivity contribution in [3.8, 4) is 0 Å². The molecule has 23 heavy (non-hydrogen) atoms. The minimum absolute atomic E-state index is 0.0454. The van der Waals surface area contributed by atoms with Crippen LogP contribution in [0.1, 0.15) is 38.3 Å². The molecule has 10 heteroatoms. The number of hydrogen-bond donors (Lipinski definition) is 1. The Kier molecular flexibility index (Phi) is 3.86. The van der Waals surface area contributed by atoms with Crippen molar-refractivity contribution >= 4 is 37.1 Å². The number of sulfone groups is 1. The van der Waals surface area contributed by atoms with Crippen LogP contribution in [-0.4, -0.2) is 39.4 Å². The predicted molar refractivity (Wildman–Crippen MR) is 85.2 cm³/mol. The molecular weight excluding hydrogens is 360 g/mol. The first-order valence-corrected chi connectivity index (χ1v) is 11.1. The molecule has 0 aliphatic carbocycles. The number of carbonyl (C=O) groups excluding carboxylic acids is 1. The van der Waals surface area contributed by atoms with Gasteiger partial charge in [-0.3, -0.25) is 4.79 Å². The minimum atomic E-state index is -3.98. The molecule has 0 spiro atoms. The smallest absolute Gasteiger partial charge is 0.247 e. The lowest BCUT2D eigenvalue weighted by molar-refractivity contribution is -0.137. The number of hydrogen-bond acceptors (Lipinski definition) is 6. The molecule has 2 aliphatic heterocycles. The summed E-state index contributed by atoms with van der Waals surface area (Å²) in [5, 5.41) is 4.37. The second-order valence-electron chi connectivity index (χ2n) is 6.42. The van der Waals surface area contributed by atoms with Gasteiger partial charge in [0.1, 0.15) is 8.42 Å². The fraction of sp³-hybridized carbons (Fsp3) is 0.615. The van der Waals surface area contributed by atoms with Crippen LogP contribution in [0.25, 0.3) is 0 Å². The molecule has 1 amide bonds. The van der Waals surface area contributed by atoms with Gasteiger partial charge in [-0.15, -0.1) is 11.3 Å². The van der Waals surface area contributed by atoms with E-state index in [9.17, 15) is 21.6 Å². The van der Waals surface area contributed by atoms with E-state index in [0.717, 1.165) is 0 Å². The maximum absolute atomic E-state index is 12.6. The van der Waals surface area contributed by atoms with Gasteiger partial charge < -0.3 is 4.90 Å². The quantitative estimate of drug-likeness (QED) is 0.838. The van der Waals surface area contributed by atoms with Crippen molar-refractivity contribution in [2.24, 2.45) is 11.1 Å². The van der Waals surface area contributed by atoms with Gasteiger partial charge in [-0.25, -0.2) is 22.0 Å². The number of fused-ring (bicyclic) bond motifs is 4. The maximum atomic E-state index is 12.6. The number of piperidine rings is 1. The standard InChI is InChI=1S/C13H18N2O5S3/c1-7(2)6-15-10-3-8(4-11(15)16)22(17,18)13-9(10)5-12(21-13)23(14,19)20/h5,7-8,10H,3-4,6H2,1-2H3,(H2,14,19,20). The second kappa shape index (κ2) is 5.27. The normalized spacial score (nSPS) is 26.4. The highest BCUT2D eigenvalue weighted by Gasteiger charge is 2.49. The van der Waals surface area contributed by atoms with Crippen LogP contribution in [0.3, 0.4) is 0 Å². The van der Waals surface area contributed by atoms with Crippen molar-refractivity contribution in [1.82, 2.24) is 4.90 Å². The summed E-state index contributed by atoms with van der Waals surface area (Å²) in [7, 11) is -7.67. The lowest BCUT2D eigenvalue weighted by Gasteiger charge is -2.42. The average molecular weight is 378 g/mol. The van der Waals surface area contributed by atoms with E-state index < -0.39 is 31.2 Å². The Labute approximate surface area is 139 Å². The number of thiophene rings is 1.